The molecule has 0 unspecified atom stereocenters. The minimum Gasteiger partial charge on any atom is -0.489 e. The van der Waals surface area contributed by atoms with Crippen molar-refractivity contribution in [3.63, 3.8) is 0 Å². The monoisotopic (exact) mass is 462 g/mol. The zero-order valence-electron chi connectivity index (χ0n) is 16.6. The molecule has 0 aliphatic rings. The fraction of sp³-hybridized carbons (Fsp3) is 0.136. The number of hydrogen-bond acceptors (Lipinski definition) is 4. The van der Waals surface area contributed by atoms with Gasteiger partial charge in [0.2, 0.25) is 10.0 Å². The molecule has 31 heavy (non-hydrogen) atoms. The van der Waals surface area contributed by atoms with Crippen LogP contribution in [0.2, 0.25) is 5.02 Å². The van der Waals surface area contributed by atoms with Crippen molar-refractivity contribution in [2.75, 3.05) is 11.0 Å². The quantitative estimate of drug-likeness (QED) is 0.521. The molecule has 0 spiro atoms. The predicted octanol–water partition coefficient (Wildman–Crippen LogP) is 4.36. The van der Waals surface area contributed by atoms with Gasteiger partial charge in [-0.1, -0.05) is 35.9 Å². The molecule has 3 rings (SSSR count). The number of nitrogens with one attached hydrogen (secondary N) is 2. The lowest BCUT2D eigenvalue weighted by Crippen LogP contribution is -2.23. The second kappa shape index (κ2) is 9.80. The van der Waals surface area contributed by atoms with Crippen molar-refractivity contribution in [2.24, 2.45) is 0 Å². The lowest BCUT2D eigenvalue weighted by Gasteiger charge is -2.11. The summed E-state index contributed by atoms with van der Waals surface area (Å²) in [5.41, 5.74) is 2.10. The van der Waals surface area contributed by atoms with Crippen molar-refractivity contribution in [1.82, 2.24) is 5.32 Å². The highest BCUT2D eigenvalue weighted by Crippen LogP contribution is 2.21. The van der Waals surface area contributed by atoms with Crippen molar-refractivity contribution in [2.45, 2.75) is 13.2 Å². The van der Waals surface area contributed by atoms with Crippen LogP contribution in [0.3, 0.4) is 0 Å². The van der Waals surface area contributed by atoms with Crippen LogP contribution in [0.25, 0.3) is 0 Å². The van der Waals surface area contributed by atoms with Crippen LogP contribution in [0.4, 0.5) is 10.1 Å². The Morgan fingerprint density at radius 3 is 2.29 bits per heavy atom. The zero-order valence-corrected chi connectivity index (χ0v) is 18.1. The van der Waals surface area contributed by atoms with E-state index >= 15 is 0 Å². The Labute approximate surface area is 185 Å². The highest BCUT2D eigenvalue weighted by atomic mass is 35.5. The molecular weight excluding hydrogens is 443 g/mol. The number of ether oxygens (including phenoxy) is 1. The Morgan fingerprint density at radius 1 is 1.00 bits per heavy atom. The first kappa shape index (κ1) is 22.6. The summed E-state index contributed by atoms with van der Waals surface area (Å²) in [7, 11) is -3.47. The first-order chi connectivity index (χ1) is 14.7. The minimum atomic E-state index is -3.47. The second-order valence-corrected chi connectivity index (χ2v) is 8.97. The molecule has 6 nitrogen and oxygen atoms in total. The van der Waals surface area contributed by atoms with Gasteiger partial charge in [0.05, 0.1) is 16.8 Å². The van der Waals surface area contributed by atoms with Gasteiger partial charge in [-0.3, -0.25) is 9.52 Å². The van der Waals surface area contributed by atoms with Gasteiger partial charge in [-0.25, -0.2) is 12.8 Å². The van der Waals surface area contributed by atoms with Gasteiger partial charge < -0.3 is 10.1 Å². The van der Waals surface area contributed by atoms with Crippen LogP contribution < -0.4 is 14.8 Å². The van der Waals surface area contributed by atoms with E-state index in [9.17, 15) is 17.6 Å². The molecule has 0 atom stereocenters. The summed E-state index contributed by atoms with van der Waals surface area (Å²) in [5.74, 6) is -0.0874. The van der Waals surface area contributed by atoms with Crippen molar-refractivity contribution in [1.29, 1.82) is 0 Å². The summed E-state index contributed by atoms with van der Waals surface area (Å²) in [5, 5.41) is 2.96. The SMILES string of the molecule is CS(=O)(=O)Nc1ccc(Cl)c(C(=O)NCc2ccc(OCc3ccc(F)cc3)cc2)c1. The Hall–Kier alpha value is -3.10. The molecule has 0 aliphatic heterocycles. The van der Waals surface area contributed by atoms with Gasteiger partial charge in [0.15, 0.2) is 0 Å². The van der Waals surface area contributed by atoms with Gasteiger partial charge in [-0.15, -0.1) is 0 Å². The Morgan fingerprint density at radius 2 is 1.65 bits per heavy atom. The predicted molar refractivity (Wildman–Crippen MR) is 118 cm³/mol. The van der Waals surface area contributed by atoms with Crippen LogP contribution in [0.1, 0.15) is 21.5 Å². The molecule has 0 saturated carbocycles. The van der Waals surface area contributed by atoms with E-state index < -0.39 is 15.9 Å². The maximum absolute atomic E-state index is 12.9. The van der Waals surface area contributed by atoms with Gasteiger partial charge in [-0.2, -0.15) is 0 Å². The number of halogens is 2. The third-order valence-corrected chi connectivity index (χ3v) is 5.15. The first-order valence-corrected chi connectivity index (χ1v) is 11.5. The number of rotatable bonds is 8. The first-order valence-electron chi connectivity index (χ1n) is 9.21. The molecule has 162 valence electrons. The summed E-state index contributed by atoms with van der Waals surface area (Å²) < 4.78 is 43.7. The molecule has 3 aromatic carbocycles. The standard InChI is InChI=1S/C22H20ClFN2O4S/c1-31(28,29)26-18-8-11-21(23)20(12-18)22(27)25-13-15-4-9-19(10-5-15)30-14-16-2-6-17(24)7-3-16/h2-12,26H,13-14H2,1H3,(H,25,27). The zero-order chi connectivity index (χ0) is 22.4. The lowest BCUT2D eigenvalue weighted by atomic mass is 10.1. The van der Waals surface area contributed by atoms with Crippen molar-refractivity contribution in [3.8, 4) is 5.75 Å². The van der Waals surface area contributed by atoms with Gasteiger partial charge in [0.25, 0.3) is 5.91 Å². The summed E-state index contributed by atoms with van der Waals surface area (Å²) in [4.78, 5) is 12.5. The third kappa shape index (κ3) is 6.97. The van der Waals surface area contributed by atoms with E-state index in [-0.39, 0.29) is 28.6 Å². The number of sulfonamides is 1. The number of amides is 1. The average molecular weight is 463 g/mol. The van der Waals surface area contributed by atoms with Crippen molar-refractivity contribution < 1.29 is 22.3 Å². The van der Waals surface area contributed by atoms with Crippen molar-refractivity contribution in [3.05, 3.63) is 94.3 Å². The summed E-state index contributed by atoms with van der Waals surface area (Å²) in [6.45, 7) is 0.559. The van der Waals surface area contributed by atoms with E-state index in [1.807, 2.05) is 12.1 Å². The van der Waals surface area contributed by atoms with Gasteiger partial charge in [0.1, 0.15) is 18.2 Å². The normalized spacial score (nSPS) is 11.1. The molecule has 0 fully saturated rings. The van der Waals surface area contributed by atoms with Gasteiger partial charge >= 0.3 is 0 Å². The minimum absolute atomic E-state index is 0.162. The van der Waals surface area contributed by atoms with Gasteiger partial charge in [-0.05, 0) is 53.6 Å². The summed E-state index contributed by atoms with van der Waals surface area (Å²) in [6, 6.07) is 17.5. The molecule has 0 bridgehead atoms. The summed E-state index contributed by atoms with van der Waals surface area (Å²) >= 11 is 6.08. The number of hydrogen-bond donors (Lipinski definition) is 2. The Balaban J connectivity index is 1.56. The number of anilines is 1. The molecule has 2 N–H and O–H groups in total. The van der Waals surface area contributed by atoms with E-state index in [4.69, 9.17) is 16.3 Å². The number of benzene rings is 3. The van der Waals surface area contributed by atoms with E-state index in [2.05, 4.69) is 10.0 Å². The van der Waals surface area contributed by atoms with E-state index in [0.29, 0.717) is 12.4 Å². The molecule has 1 amide bonds. The number of carbonyl (C=O) groups is 1. The fourth-order valence-electron chi connectivity index (χ4n) is 2.71. The second-order valence-electron chi connectivity index (χ2n) is 6.81. The average Bonchev–Trinajstić information content (AvgIpc) is 2.73. The van der Waals surface area contributed by atoms with Crippen LogP contribution in [0.5, 0.6) is 5.75 Å². The fourth-order valence-corrected chi connectivity index (χ4v) is 3.46. The smallest absolute Gasteiger partial charge is 0.253 e. The van der Waals surface area contributed by atoms with Crippen LogP contribution >= 0.6 is 11.6 Å². The molecule has 0 aromatic heterocycles. The largest absolute Gasteiger partial charge is 0.489 e. The lowest BCUT2D eigenvalue weighted by molar-refractivity contribution is 0.0951. The molecule has 0 radical (unpaired) electrons. The van der Waals surface area contributed by atoms with E-state index in [1.54, 1.807) is 24.3 Å². The van der Waals surface area contributed by atoms with Crippen LogP contribution in [0, 0.1) is 5.82 Å². The Kier molecular flexibility index (Phi) is 7.14. The molecule has 3 aromatic rings. The molecule has 0 aliphatic carbocycles. The number of carbonyl (C=O) groups excluding carboxylic acids is 1. The highest BCUT2D eigenvalue weighted by Gasteiger charge is 2.13. The molecule has 0 heterocycles. The summed E-state index contributed by atoms with van der Waals surface area (Å²) in [6.07, 6.45) is 1.02. The van der Waals surface area contributed by atoms with E-state index in [1.165, 1.54) is 30.3 Å². The highest BCUT2D eigenvalue weighted by molar-refractivity contribution is 7.92. The van der Waals surface area contributed by atoms with Crippen molar-refractivity contribution >= 4 is 33.2 Å². The molecule has 0 saturated heterocycles. The topological polar surface area (TPSA) is 84.5 Å². The van der Waals surface area contributed by atoms with Crippen LogP contribution in [-0.4, -0.2) is 20.6 Å². The maximum Gasteiger partial charge on any atom is 0.253 e. The van der Waals surface area contributed by atoms with Crippen LogP contribution in [0.15, 0.2) is 66.7 Å². The molecular formula is C22H20ClFN2O4S. The maximum atomic E-state index is 12.9. The van der Waals surface area contributed by atoms with E-state index in [0.717, 1.165) is 17.4 Å². The third-order valence-electron chi connectivity index (χ3n) is 4.21. The van der Waals surface area contributed by atoms with Gasteiger partial charge in [0, 0.05) is 12.2 Å². The Bertz CT molecular complexity index is 1170. The van der Waals surface area contributed by atoms with Crippen LogP contribution in [-0.2, 0) is 23.2 Å². The molecule has 9 heteroatoms.